The Morgan fingerprint density at radius 3 is 2.52 bits per heavy atom. The average molecular weight is 477 g/mol. The van der Waals surface area contributed by atoms with E-state index in [4.69, 9.17) is 13.7 Å². The monoisotopic (exact) mass is 477 g/mol. The molecule has 0 unspecified atom stereocenters. The molecule has 11 nitrogen and oxygen atoms in total. The number of benzene rings is 2. The van der Waals surface area contributed by atoms with Gasteiger partial charge in [0.05, 0.1) is 23.0 Å². The summed E-state index contributed by atoms with van der Waals surface area (Å²) in [5.74, 6) is 0.501. The van der Waals surface area contributed by atoms with E-state index in [1.807, 2.05) is 0 Å². The number of hydrogen-bond donors (Lipinski definition) is 1. The van der Waals surface area contributed by atoms with Crippen LogP contribution in [-0.2, 0) is 25.5 Å². The van der Waals surface area contributed by atoms with Crippen molar-refractivity contribution in [2.24, 2.45) is 5.10 Å². The van der Waals surface area contributed by atoms with Crippen LogP contribution in [0.5, 0.6) is 11.5 Å². The molecule has 0 spiro atoms. The third-order valence-corrected chi connectivity index (χ3v) is 5.37. The average Bonchev–Trinajstić information content (AvgIpc) is 3.13. The molecule has 0 saturated heterocycles. The standard InChI is InChI=1S/C21H23N3O8S/c1-12-7-15(5-6-18(12)24(26)27)21(23-22-14(3)25)17-10-20-19(30-11-31-20)9-16(17)8-13(2)32-33(4,28)29/h5-7,9-10,13H,8,11H2,1-4H3,(H,22,25)/t13-/m0/s1. The molecule has 0 bridgehead atoms. The highest BCUT2D eigenvalue weighted by molar-refractivity contribution is 7.86. The molecule has 0 aliphatic carbocycles. The van der Waals surface area contributed by atoms with E-state index >= 15 is 0 Å². The molecular formula is C21H23N3O8S. The second-order valence-corrected chi connectivity index (χ2v) is 9.17. The quantitative estimate of drug-likeness (QED) is 0.264. The summed E-state index contributed by atoms with van der Waals surface area (Å²) in [5.41, 5.74) is 4.70. The minimum absolute atomic E-state index is 0.0163. The molecular weight excluding hydrogens is 454 g/mol. The van der Waals surface area contributed by atoms with Crippen LogP contribution in [0.3, 0.4) is 0 Å². The maximum Gasteiger partial charge on any atom is 0.272 e. The van der Waals surface area contributed by atoms with Gasteiger partial charge in [0, 0.05) is 36.1 Å². The van der Waals surface area contributed by atoms with Crippen LogP contribution in [0, 0.1) is 17.0 Å². The zero-order valence-corrected chi connectivity index (χ0v) is 19.3. The van der Waals surface area contributed by atoms with E-state index in [1.54, 1.807) is 32.0 Å². The summed E-state index contributed by atoms with van der Waals surface area (Å²) in [6.07, 6.45) is 0.428. The number of rotatable bonds is 8. The van der Waals surface area contributed by atoms with Crippen molar-refractivity contribution in [3.63, 3.8) is 0 Å². The van der Waals surface area contributed by atoms with Crippen molar-refractivity contribution >= 4 is 27.4 Å². The Bertz CT molecular complexity index is 1240. The van der Waals surface area contributed by atoms with E-state index < -0.39 is 27.1 Å². The molecule has 33 heavy (non-hydrogen) atoms. The number of aryl methyl sites for hydroxylation is 1. The first-order valence-electron chi connectivity index (χ1n) is 9.85. The van der Waals surface area contributed by atoms with Gasteiger partial charge in [0.25, 0.3) is 15.8 Å². The number of carbonyl (C=O) groups excluding carboxylic acids is 1. The number of amides is 1. The Morgan fingerprint density at radius 1 is 1.27 bits per heavy atom. The van der Waals surface area contributed by atoms with Gasteiger partial charge in [0.15, 0.2) is 11.5 Å². The zero-order valence-electron chi connectivity index (χ0n) is 18.4. The van der Waals surface area contributed by atoms with Gasteiger partial charge in [0.2, 0.25) is 12.7 Å². The predicted molar refractivity (Wildman–Crippen MR) is 119 cm³/mol. The molecule has 12 heteroatoms. The van der Waals surface area contributed by atoms with Gasteiger partial charge in [-0.1, -0.05) is 0 Å². The van der Waals surface area contributed by atoms with Crippen LogP contribution in [0.15, 0.2) is 35.4 Å². The molecule has 2 aromatic rings. The van der Waals surface area contributed by atoms with Crippen molar-refractivity contribution in [2.45, 2.75) is 33.3 Å². The summed E-state index contributed by atoms with van der Waals surface area (Å²) in [6, 6.07) is 7.83. The molecule has 1 amide bonds. The molecule has 3 rings (SSSR count). The smallest absolute Gasteiger partial charge is 0.272 e. The second-order valence-electron chi connectivity index (χ2n) is 7.56. The summed E-state index contributed by atoms with van der Waals surface area (Å²) in [4.78, 5) is 22.3. The first-order chi connectivity index (χ1) is 15.4. The molecule has 0 radical (unpaired) electrons. The normalized spacial score (nSPS) is 14.1. The molecule has 0 aromatic heterocycles. The number of nitrogens with one attached hydrogen (secondary N) is 1. The van der Waals surface area contributed by atoms with Gasteiger partial charge in [-0.15, -0.1) is 0 Å². The number of hydrogen-bond acceptors (Lipinski definition) is 9. The Balaban J connectivity index is 2.15. The van der Waals surface area contributed by atoms with Gasteiger partial charge in [-0.3, -0.25) is 19.1 Å². The Morgan fingerprint density at radius 2 is 1.94 bits per heavy atom. The molecule has 0 fully saturated rings. The zero-order chi connectivity index (χ0) is 24.3. The Hall–Kier alpha value is -3.51. The number of nitro benzene ring substituents is 1. The number of carbonyl (C=O) groups is 1. The van der Waals surface area contributed by atoms with Crippen LogP contribution < -0.4 is 14.9 Å². The Kier molecular flexibility index (Phi) is 6.98. The van der Waals surface area contributed by atoms with Gasteiger partial charge < -0.3 is 9.47 Å². The number of nitrogens with zero attached hydrogens (tertiary/aromatic N) is 2. The number of ether oxygens (including phenoxy) is 2. The van der Waals surface area contributed by atoms with Gasteiger partial charge >= 0.3 is 0 Å². The number of nitro groups is 1. The molecule has 1 aliphatic heterocycles. The summed E-state index contributed by atoms with van der Waals surface area (Å²) in [7, 11) is -3.69. The summed E-state index contributed by atoms with van der Waals surface area (Å²) >= 11 is 0. The highest BCUT2D eigenvalue weighted by Crippen LogP contribution is 2.36. The fraction of sp³-hybridized carbons (Fsp3) is 0.333. The van der Waals surface area contributed by atoms with Crippen molar-refractivity contribution < 1.29 is 31.8 Å². The SMILES string of the molecule is CC(=O)NN=C(c1ccc([N+](=O)[O-])c(C)c1)c1cc2c(cc1C[C@H](C)OS(C)(=O)=O)OCO2. The number of fused-ring (bicyclic) bond motifs is 1. The molecule has 2 aromatic carbocycles. The Labute approximate surface area is 190 Å². The van der Waals surface area contributed by atoms with E-state index in [9.17, 15) is 23.3 Å². The highest BCUT2D eigenvalue weighted by Gasteiger charge is 2.24. The van der Waals surface area contributed by atoms with Crippen LogP contribution in [0.2, 0.25) is 0 Å². The molecule has 1 aliphatic rings. The van der Waals surface area contributed by atoms with Gasteiger partial charge in [-0.05, 0) is 43.7 Å². The molecule has 1 heterocycles. The van der Waals surface area contributed by atoms with Crippen LogP contribution in [-0.4, -0.2) is 44.1 Å². The lowest BCUT2D eigenvalue weighted by Crippen LogP contribution is -2.21. The topological polar surface area (TPSA) is 146 Å². The van der Waals surface area contributed by atoms with Crippen LogP contribution in [0.4, 0.5) is 5.69 Å². The summed E-state index contributed by atoms with van der Waals surface area (Å²) in [5, 5.41) is 15.5. The fourth-order valence-corrected chi connectivity index (χ4v) is 4.10. The second kappa shape index (κ2) is 9.55. The highest BCUT2D eigenvalue weighted by atomic mass is 32.2. The largest absolute Gasteiger partial charge is 0.454 e. The van der Waals surface area contributed by atoms with E-state index in [1.165, 1.54) is 19.1 Å². The van der Waals surface area contributed by atoms with Gasteiger partial charge in [-0.2, -0.15) is 13.5 Å². The van der Waals surface area contributed by atoms with Crippen molar-refractivity contribution in [1.29, 1.82) is 0 Å². The lowest BCUT2D eigenvalue weighted by Gasteiger charge is -2.17. The van der Waals surface area contributed by atoms with Gasteiger partial charge in [0.1, 0.15) is 0 Å². The van der Waals surface area contributed by atoms with Crippen molar-refractivity contribution in [3.05, 3.63) is 62.7 Å². The molecule has 0 saturated carbocycles. The van der Waals surface area contributed by atoms with Crippen molar-refractivity contribution in [3.8, 4) is 11.5 Å². The molecule has 1 atom stereocenters. The van der Waals surface area contributed by atoms with Crippen molar-refractivity contribution in [1.82, 2.24) is 5.43 Å². The first kappa shape index (κ1) is 24.1. The maximum atomic E-state index is 11.6. The molecule has 1 N–H and O–H groups in total. The molecule has 176 valence electrons. The summed E-state index contributed by atoms with van der Waals surface area (Å²) < 4.78 is 39.2. The van der Waals surface area contributed by atoms with E-state index in [0.29, 0.717) is 39.5 Å². The van der Waals surface area contributed by atoms with E-state index in [-0.39, 0.29) is 18.9 Å². The predicted octanol–water partition coefficient (Wildman–Crippen LogP) is 2.43. The minimum atomic E-state index is -3.69. The van der Waals surface area contributed by atoms with Crippen molar-refractivity contribution in [2.75, 3.05) is 13.0 Å². The summed E-state index contributed by atoms with van der Waals surface area (Å²) in [6.45, 7) is 4.52. The maximum absolute atomic E-state index is 11.6. The number of hydrazone groups is 1. The van der Waals surface area contributed by atoms with E-state index in [2.05, 4.69) is 10.5 Å². The van der Waals surface area contributed by atoms with Crippen LogP contribution in [0.25, 0.3) is 0 Å². The van der Waals surface area contributed by atoms with Crippen LogP contribution >= 0.6 is 0 Å². The van der Waals surface area contributed by atoms with Crippen LogP contribution in [0.1, 0.15) is 36.1 Å². The first-order valence-corrected chi connectivity index (χ1v) is 11.7. The third-order valence-electron chi connectivity index (χ3n) is 4.69. The van der Waals surface area contributed by atoms with E-state index in [0.717, 1.165) is 6.26 Å². The fourth-order valence-electron chi connectivity index (χ4n) is 3.44. The third kappa shape index (κ3) is 6.05. The van der Waals surface area contributed by atoms with Gasteiger partial charge in [-0.25, -0.2) is 5.43 Å². The lowest BCUT2D eigenvalue weighted by atomic mass is 9.93. The lowest BCUT2D eigenvalue weighted by molar-refractivity contribution is -0.385. The minimum Gasteiger partial charge on any atom is -0.454 e.